The van der Waals surface area contributed by atoms with Crippen molar-refractivity contribution < 1.29 is 126 Å². The van der Waals surface area contributed by atoms with Gasteiger partial charge in [-0.15, -0.1) is 0 Å². The fourth-order valence-corrected chi connectivity index (χ4v) is 14.1. The second-order valence-electron chi connectivity index (χ2n) is 33.9. The number of phenols is 1. The minimum atomic E-state index is -2.06. The van der Waals surface area contributed by atoms with Gasteiger partial charge in [0, 0.05) is 38.8 Å². The normalized spacial score (nSPS) is 14.9. The third kappa shape index (κ3) is 49.4. The first-order valence-electron chi connectivity index (χ1n) is 44.3. The summed E-state index contributed by atoms with van der Waals surface area (Å²) in [5.74, 6) is -26.4. The number of phenolic OH excluding ortho intramolecular Hbond substituents is 1. The van der Waals surface area contributed by atoms with E-state index in [1.807, 2.05) is 0 Å². The van der Waals surface area contributed by atoms with Gasteiger partial charge in [0.25, 0.3) is 0 Å². The molecule has 0 unspecified atom stereocenters. The summed E-state index contributed by atoms with van der Waals surface area (Å²) in [6.45, 7) is 15.6. The lowest BCUT2D eigenvalue weighted by Gasteiger charge is -2.30. The van der Waals surface area contributed by atoms with Crippen molar-refractivity contribution in [2.45, 2.75) is 288 Å². The summed E-state index contributed by atoms with van der Waals surface area (Å²) in [5.41, 5.74) is 28.0. The van der Waals surface area contributed by atoms with Crippen LogP contribution in [0, 0.1) is 34.5 Å². The van der Waals surface area contributed by atoms with Crippen molar-refractivity contribution >= 4 is 160 Å². The SMILES string of the molecule is CC[C@H](C)[C@H](NC(=O)[C@H](CC(N)=O)NC(=O)[C@H](CCSC)NC(=O)[C@@H](N)CCCNC(=N)N)C(=O)N[C@@H](CCC(N)=O)C(=O)N[C@@H](CCSC)C(=O)N[C@@H](CC(C)C)C(=O)N[C@@H](CC(C)C)C(=O)N[C@@H](CCC(=O)O)C(=O)N[C@@H](C)C(=O)N[C@@H](C)C(=O)N[C@@H](CC(=O)O)C(=O)N[C@@H](Cc1ccc(O)cc1)C(=O)N[C@@H](CC(C)C)C(=O)N[C@@H](CCC(=O)O)C(=O)N[C@@H](CCCNC(=N)N)C(=O)O. The fourth-order valence-electron chi connectivity index (χ4n) is 13.1. The summed E-state index contributed by atoms with van der Waals surface area (Å²) in [4.78, 5) is 286. The van der Waals surface area contributed by atoms with E-state index in [1.165, 1.54) is 47.8 Å². The molecule has 136 heavy (non-hydrogen) atoms. The Morgan fingerprint density at radius 2 is 0.662 bits per heavy atom. The van der Waals surface area contributed by atoms with Crippen LogP contribution in [0.5, 0.6) is 5.75 Å². The standard InChI is InChI=1S/C84H140N24O26S2/c1-13-43(8)66(108-80(131)59(38-62(87)111)107-73(124)52(28-32-135-11)96-69(120)48(85)16-14-30-92-83(88)89)81(132)100-49(22-25-61(86)110)71(122)99-53(29-33-136-12)74(125)103-57(36-42(6)7)77(128)104-55(34-40(2)3)75(126)97-50(23-26-63(112)113)70(121)95-44(9)67(118)94-45(10)68(119)102-60(39-65(116)117)79(130)106-58(37-46-18-20-47(109)21-19-46)78(129)105-56(35-41(4)5)76(127)98-51(24-27-64(114)115)72(123)101-54(82(133)134)17-15-31-93-84(90)91/h18-21,40-45,48-60,66,109H,13-17,22-39,85H2,1-12H3,(H2,86,110)(H2,87,111)(H,94,118)(H,95,121)(H,96,120)(H,97,126)(H,98,127)(H,99,122)(H,100,132)(H,101,123)(H,102,119)(H,103,125)(H,104,128)(H,105,129)(H,106,130)(H,107,124)(H,108,131)(H,112,113)(H,114,115)(H,116,117)(H,133,134)(H4,88,89,92)(H4,90,91,93)/t43-,44-,45-,48-,49-,50-,51-,52-,53-,54-,55-,56-,57-,58-,59-,60-,66-/m0/s1. The molecular weight excluding hydrogens is 1830 g/mol. The molecule has 0 bridgehead atoms. The summed E-state index contributed by atoms with van der Waals surface area (Å²) < 4.78 is 0. The van der Waals surface area contributed by atoms with Gasteiger partial charge in [-0.25, -0.2) is 4.79 Å². The number of nitrogens with one attached hydrogen (secondary N) is 19. The number of thioether (sulfide) groups is 2. The number of nitrogens with two attached hydrogens (primary N) is 5. The summed E-state index contributed by atoms with van der Waals surface area (Å²) in [6, 6.07) is -20.6. The molecule has 0 heterocycles. The molecule has 0 aliphatic heterocycles. The van der Waals surface area contributed by atoms with E-state index in [1.54, 1.807) is 67.9 Å². The molecule has 17 amide bonds. The molecule has 0 aromatic heterocycles. The molecule has 0 saturated heterocycles. The van der Waals surface area contributed by atoms with Crippen LogP contribution in [0.4, 0.5) is 0 Å². The smallest absolute Gasteiger partial charge is 0.326 e. The van der Waals surface area contributed by atoms with Crippen LogP contribution >= 0.6 is 23.5 Å². The first kappa shape index (κ1) is 121. The number of rotatable bonds is 68. The topological polar surface area (TPSA) is 842 Å². The van der Waals surface area contributed by atoms with E-state index >= 15 is 0 Å². The van der Waals surface area contributed by atoms with Crippen LogP contribution in [0.1, 0.15) is 190 Å². The van der Waals surface area contributed by atoms with Crippen molar-refractivity contribution in [3.63, 3.8) is 0 Å². The highest BCUT2D eigenvalue weighted by molar-refractivity contribution is 7.98. The quantitative estimate of drug-likeness (QED) is 0.0164. The Kier molecular flexibility index (Phi) is 56.4. The number of carboxylic acids is 4. The second kappa shape index (κ2) is 63.4. The molecule has 17 atom stereocenters. The molecule has 50 nitrogen and oxygen atoms in total. The minimum Gasteiger partial charge on any atom is -0.508 e. The van der Waals surface area contributed by atoms with E-state index in [0.29, 0.717) is 12.2 Å². The van der Waals surface area contributed by atoms with Crippen LogP contribution in [0.3, 0.4) is 0 Å². The number of aromatic hydroxyl groups is 1. The lowest BCUT2D eigenvalue weighted by atomic mass is 9.96. The van der Waals surface area contributed by atoms with E-state index in [4.69, 9.17) is 39.5 Å². The molecule has 1 aromatic carbocycles. The number of carbonyl (C=O) groups excluding carboxylic acids is 17. The molecule has 0 fully saturated rings. The van der Waals surface area contributed by atoms with Gasteiger partial charge in [0.15, 0.2) is 11.9 Å². The average Bonchev–Trinajstić information content (AvgIpc) is 0.843. The Balaban J connectivity index is 3.64. The predicted molar refractivity (Wildman–Crippen MR) is 498 cm³/mol. The number of carboxylic acid groups (broad SMARTS) is 4. The number of hydrogen-bond donors (Lipinski definition) is 29. The van der Waals surface area contributed by atoms with Crippen molar-refractivity contribution in [1.82, 2.24) is 90.4 Å². The molecule has 0 radical (unpaired) electrons. The molecule has 0 spiro atoms. The average molecular weight is 1970 g/mol. The second-order valence-corrected chi connectivity index (χ2v) is 35.9. The van der Waals surface area contributed by atoms with Crippen LogP contribution in [-0.4, -0.2) is 296 Å². The first-order valence-corrected chi connectivity index (χ1v) is 47.1. The number of guanidine groups is 2. The Morgan fingerprint density at radius 3 is 1.04 bits per heavy atom. The number of amides is 17. The lowest BCUT2D eigenvalue weighted by Crippen LogP contribution is -2.61. The maximum atomic E-state index is 14.6. The monoisotopic (exact) mass is 1960 g/mol. The highest BCUT2D eigenvalue weighted by Gasteiger charge is 2.41. The number of hydrogen-bond acceptors (Lipinski definition) is 27. The minimum absolute atomic E-state index is 0.0284. The van der Waals surface area contributed by atoms with E-state index in [2.05, 4.69) is 90.4 Å². The fraction of sp³-hybridized carbons (Fsp3) is 0.655. The number of benzene rings is 1. The zero-order chi connectivity index (χ0) is 104. The van der Waals surface area contributed by atoms with Crippen molar-refractivity contribution in [3.8, 4) is 5.75 Å². The van der Waals surface area contributed by atoms with Gasteiger partial charge in [0.05, 0.1) is 18.9 Å². The van der Waals surface area contributed by atoms with Gasteiger partial charge in [0.1, 0.15) is 96.4 Å². The lowest BCUT2D eigenvalue weighted by molar-refractivity contribution is -0.143. The summed E-state index contributed by atoms with van der Waals surface area (Å²) >= 11 is 2.57. The molecule has 34 N–H and O–H groups in total. The van der Waals surface area contributed by atoms with Crippen LogP contribution in [0.2, 0.25) is 0 Å². The third-order valence-corrected chi connectivity index (χ3v) is 22.0. The van der Waals surface area contributed by atoms with Gasteiger partial charge in [-0.2, -0.15) is 23.5 Å². The van der Waals surface area contributed by atoms with Crippen molar-refractivity contribution in [2.24, 2.45) is 52.3 Å². The summed E-state index contributed by atoms with van der Waals surface area (Å²) in [7, 11) is 0. The summed E-state index contributed by atoms with van der Waals surface area (Å²) in [6.07, 6.45) is -2.77. The molecule has 52 heteroatoms. The highest BCUT2D eigenvalue weighted by atomic mass is 32.2. The molecule has 1 rings (SSSR count). The Labute approximate surface area is 796 Å². The molecule has 0 aliphatic carbocycles. The summed E-state index contributed by atoms with van der Waals surface area (Å²) in [5, 5.41) is 106. The molecule has 0 saturated carbocycles. The van der Waals surface area contributed by atoms with Gasteiger partial charge in [-0.05, 0) is 156 Å². The van der Waals surface area contributed by atoms with Crippen LogP contribution in [0.15, 0.2) is 24.3 Å². The van der Waals surface area contributed by atoms with Gasteiger partial charge >= 0.3 is 23.9 Å². The Hall–Kier alpha value is -12.9. The molecule has 1 aromatic rings. The van der Waals surface area contributed by atoms with E-state index < -0.39 is 302 Å². The van der Waals surface area contributed by atoms with Crippen LogP contribution in [0.25, 0.3) is 0 Å². The van der Waals surface area contributed by atoms with Crippen molar-refractivity contribution in [2.75, 3.05) is 37.1 Å². The van der Waals surface area contributed by atoms with Crippen molar-refractivity contribution in [1.29, 1.82) is 10.8 Å². The number of primary amides is 2. The highest BCUT2D eigenvalue weighted by Crippen LogP contribution is 2.19. The zero-order valence-electron chi connectivity index (χ0n) is 78.6. The van der Waals surface area contributed by atoms with E-state index in [-0.39, 0.29) is 99.8 Å². The van der Waals surface area contributed by atoms with Crippen molar-refractivity contribution in [3.05, 3.63) is 29.8 Å². The first-order chi connectivity index (χ1) is 63.6. The van der Waals surface area contributed by atoms with Crippen LogP contribution < -0.4 is 119 Å². The predicted octanol–water partition coefficient (Wildman–Crippen LogP) is -5.78. The van der Waals surface area contributed by atoms with E-state index in [9.17, 15) is 126 Å². The maximum Gasteiger partial charge on any atom is 0.326 e. The molecular formula is C84H140N24O26S2. The van der Waals surface area contributed by atoms with Crippen LogP contribution in [-0.2, 0) is 107 Å². The Bertz CT molecular complexity index is 4270. The third-order valence-electron chi connectivity index (χ3n) is 20.7. The van der Waals surface area contributed by atoms with Gasteiger partial charge in [-0.3, -0.25) is 107 Å². The molecule has 0 aliphatic rings. The number of carbonyl (C=O) groups is 21. The molecule has 764 valence electrons. The Morgan fingerprint density at radius 1 is 0.346 bits per heavy atom. The van der Waals surface area contributed by atoms with Gasteiger partial charge < -0.3 is 145 Å². The largest absolute Gasteiger partial charge is 0.508 e. The van der Waals surface area contributed by atoms with E-state index in [0.717, 1.165) is 13.8 Å². The van der Waals surface area contributed by atoms with Gasteiger partial charge in [-0.1, -0.05) is 73.9 Å². The van der Waals surface area contributed by atoms with Gasteiger partial charge in [0.2, 0.25) is 100 Å². The maximum absolute atomic E-state index is 14.6. The zero-order valence-corrected chi connectivity index (χ0v) is 80.3. The number of aliphatic carboxylic acids is 4.